The van der Waals surface area contributed by atoms with Crippen LogP contribution in [0.5, 0.6) is 0 Å². The molecule has 0 spiro atoms. The first-order valence-corrected chi connectivity index (χ1v) is 40.4. The minimum atomic E-state index is -4.46. The highest BCUT2D eigenvalue weighted by atomic mass is 19.4. The van der Waals surface area contributed by atoms with Crippen LogP contribution < -0.4 is 36.5 Å². The highest BCUT2D eigenvalue weighted by Gasteiger charge is 2.34. The van der Waals surface area contributed by atoms with Gasteiger partial charge in [0, 0.05) is 12.1 Å². The van der Waals surface area contributed by atoms with Gasteiger partial charge >= 0.3 is 6.18 Å². The summed E-state index contributed by atoms with van der Waals surface area (Å²) in [6, 6.07) is 118. The van der Waals surface area contributed by atoms with Crippen molar-refractivity contribution in [2.24, 2.45) is 42.3 Å². The molecule has 16 nitrogen and oxygen atoms in total. The van der Waals surface area contributed by atoms with Gasteiger partial charge in [0.2, 0.25) is 38.0 Å². The first kappa shape index (κ1) is 75.7. The lowest BCUT2D eigenvalue weighted by Gasteiger charge is -2.09. The molecule has 590 valence electrons. The van der Waals surface area contributed by atoms with Gasteiger partial charge in [-0.2, -0.15) is 45.1 Å². The van der Waals surface area contributed by atoms with E-state index in [9.17, 15) is 13.2 Å². The number of hydrogen-bond donors (Lipinski definition) is 0. The summed E-state index contributed by atoms with van der Waals surface area (Å²) >= 11 is 0. The van der Waals surface area contributed by atoms with Crippen molar-refractivity contribution in [3.63, 3.8) is 0 Å². The monoisotopic (exact) mass is 1590 g/mol. The summed E-state index contributed by atoms with van der Waals surface area (Å²) < 4.78 is 75.7. The first-order valence-electron chi connectivity index (χ1n) is 40.4. The molecule has 19 heteroatoms. The number of halogens is 3. The highest BCUT2D eigenvalue weighted by molar-refractivity contribution is 5.80. The summed E-state index contributed by atoms with van der Waals surface area (Å²) in [5.74, 6) is 0. The second-order valence-electron chi connectivity index (χ2n) is 30.9. The van der Waals surface area contributed by atoms with Crippen molar-refractivity contribution in [2.45, 2.75) is 25.8 Å². The van der Waals surface area contributed by atoms with Crippen LogP contribution in [-0.2, 0) is 68.1 Å². The Labute approximate surface area is 697 Å². The Morgan fingerprint density at radius 1 is 0.215 bits per heavy atom. The molecular weight excluding hydrogens is 1510 g/mol. The molecule has 0 bridgehead atoms. The molecule has 121 heavy (non-hydrogen) atoms. The Hall–Kier alpha value is -15.4. The molecule has 8 aromatic heterocycles. The van der Waals surface area contributed by atoms with Gasteiger partial charge < -0.3 is 0 Å². The molecule has 0 saturated carbocycles. The normalized spacial score (nSPS) is 11.6. The maximum atomic E-state index is 13.8. The predicted octanol–water partition coefficient (Wildman–Crippen LogP) is 17.0. The van der Waals surface area contributed by atoms with Gasteiger partial charge in [-0.05, 0) is 180 Å². The Bertz CT molecular complexity index is 7270. The molecule has 22 rings (SSSR count). The lowest BCUT2D eigenvalue weighted by atomic mass is 10.1. The van der Waals surface area contributed by atoms with Gasteiger partial charge in [0.15, 0.2) is 88.3 Å². The van der Waals surface area contributed by atoms with E-state index in [1.165, 1.54) is 89.7 Å². The van der Waals surface area contributed by atoms with Crippen LogP contribution in [0, 0.1) is 0 Å². The zero-order valence-electron chi connectivity index (χ0n) is 67.9. The van der Waals surface area contributed by atoms with Crippen LogP contribution >= 0.6 is 0 Å². The quantitative estimate of drug-likeness (QED) is 0.103. The molecule has 0 N–H and O–H groups in total. The molecule has 0 atom stereocenters. The topological polar surface area (TPSA) is 70.5 Å². The smallest absolute Gasteiger partial charge is 0.233 e. The third kappa shape index (κ3) is 14.8. The number of rotatable bonds is 13. The van der Waals surface area contributed by atoms with Crippen molar-refractivity contribution in [2.75, 3.05) is 0 Å². The zero-order valence-corrected chi connectivity index (χ0v) is 67.9. The van der Waals surface area contributed by atoms with Crippen LogP contribution in [-0.4, -0.2) is 36.5 Å². The summed E-state index contributed by atoms with van der Waals surface area (Å²) in [5.41, 5.74) is 28.1. The Balaban J connectivity index is 0.000000107. The molecule has 0 radical (unpaired) electrons. The summed E-state index contributed by atoms with van der Waals surface area (Å²) in [6.45, 7) is 2.59. The van der Waals surface area contributed by atoms with Crippen LogP contribution in [0.25, 0.3) is 128 Å². The number of alkyl halides is 3. The number of aromatic nitrogens is 16. The number of nitrogens with zero attached hydrogens (tertiary/aromatic N) is 16. The largest absolute Gasteiger partial charge is 0.416 e. The third-order valence-electron chi connectivity index (χ3n) is 22.8. The number of para-hydroxylation sites is 18. The Morgan fingerprint density at radius 2 is 0.463 bits per heavy atom. The fourth-order valence-corrected chi connectivity index (χ4v) is 17.1. The van der Waals surface area contributed by atoms with E-state index in [2.05, 4.69) is 400 Å². The number of fused-ring (bicyclic) bond motifs is 8. The maximum Gasteiger partial charge on any atom is 0.416 e. The predicted molar refractivity (Wildman–Crippen MR) is 468 cm³/mol. The standard InChI is InChI=1S/C32H24N4.C24H24N4.C23H19F3N4.C23H22N4/c1-3-12-25(13-4-1)33-23-35(31-20-9-7-18-29(31)33)27-16-11-17-28(22-27)36-24-34(26-14-5-2-6-15-26)30-19-8-10-21-32(30)36;1-25-17-27(23-12-5-3-10-21(23)25)15-19-8-7-9-20(14-19)16-28-18-26(2)22-11-4-6-13-24(22)28;1-27-14-29(21-9-5-3-7-19(21)27)17-11-16(23(24,25)26)12-18(13-17)30-15-28(2)20-8-4-6-10-22(20)30;1-24-16-26(22-12-5-3-10-20(22)24)15-18-8-7-9-19(14-18)27-17-25(2)21-11-4-6-13-23(21)27/h1-24H;3-14,17-18H,15-16H2,1-2H3;3-15H,1-2H3;3-14,16-17H,15H2,1-2H3/q4*+2. The van der Waals surface area contributed by atoms with Crippen molar-refractivity contribution in [1.29, 1.82) is 0 Å². The summed E-state index contributed by atoms with van der Waals surface area (Å²) in [6.07, 6.45) is 12.2. The van der Waals surface area contributed by atoms with Gasteiger partial charge in [-0.3, -0.25) is 0 Å². The van der Waals surface area contributed by atoms with Gasteiger partial charge in [-0.1, -0.05) is 170 Å². The van der Waals surface area contributed by atoms with Crippen molar-refractivity contribution in [1.82, 2.24) is 36.5 Å². The number of aryl methyl sites for hydroxylation is 6. The Morgan fingerprint density at radius 3 is 0.818 bits per heavy atom. The molecule has 0 aliphatic rings. The second kappa shape index (κ2) is 31.9. The number of hydrogen-bond acceptors (Lipinski definition) is 0. The third-order valence-corrected chi connectivity index (χ3v) is 22.8. The van der Waals surface area contributed by atoms with E-state index < -0.39 is 11.7 Å². The average Bonchev–Trinajstić information content (AvgIpc) is 1.27. The molecule has 8 heterocycles. The van der Waals surface area contributed by atoms with E-state index in [4.69, 9.17) is 0 Å². The number of benzene rings is 14. The van der Waals surface area contributed by atoms with Crippen LogP contribution in [0.2, 0.25) is 0 Å². The van der Waals surface area contributed by atoms with E-state index in [1.807, 2.05) is 71.8 Å². The minimum Gasteiger partial charge on any atom is -0.233 e. The molecule has 0 aliphatic heterocycles. The average molecular weight is 1600 g/mol. The molecule has 14 aromatic carbocycles. The lowest BCUT2D eigenvalue weighted by molar-refractivity contribution is -0.645. The van der Waals surface area contributed by atoms with Crippen molar-refractivity contribution < 1.29 is 49.7 Å². The van der Waals surface area contributed by atoms with E-state index in [1.54, 1.807) is 27.9 Å². The summed E-state index contributed by atoms with van der Waals surface area (Å²) in [7, 11) is 12.2. The van der Waals surface area contributed by atoms with Crippen molar-refractivity contribution in [3.8, 4) is 39.8 Å². The molecular formula is C102H89F3N16+8. The molecule has 0 unspecified atom stereocenters. The van der Waals surface area contributed by atoms with Crippen molar-refractivity contribution in [3.05, 3.63) is 419 Å². The highest BCUT2D eigenvalue weighted by Crippen LogP contribution is 2.35. The van der Waals surface area contributed by atoms with E-state index in [0.29, 0.717) is 11.4 Å². The Kier molecular flexibility index (Phi) is 20.0. The summed E-state index contributed by atoms with van der Waals surface area (Å²) in [4.78, 5) is 0. The van der Waals surface area contributed by atoms with Crippen LogP contribution in [0.15, 0.2) is 396 Å². The maximum absolute atomic E-state index is 13.8. The molecule has 0 fully saturated rings. The van der Waals surface area contributed by atoms with Gasteiger partial charge in [0.25, 0.3) is 12.7 Å². The fraction of sp³-hybridized carbons (Fsp3) is 0.0980. The molecule has 0 amide bonds. The van der Waals surface area contributed by atoms with Gasteiger partial charge in [-0.15, -0.1) is 0 Å². The zero-order chi connectivity index (χ0) is 82.4. The van der Waals surface area contributed by atoms with Gasteiger partial charge in [0.1, 0.15) is 59.4 Å². The fourth-order valence-electron chi connectivity index (χ4n) is 17.1. The second-order valence-corrected chi connectivity index (χ2v) is 30.9. The molecule has 22 aromatic rings. The van der Waals surface area contributed by atoms with Crippen LogP contribution in [0.4, 0.5) is 13.2 Å². The molecule has 0 saturated heterocycles. The van der Waals surface area contributed by atoms with E-state index in [-0.39, 0.29) is 0 Å². The molecule has 0 aliphatic carbocycles. The minimum absolute atomic E-state index is 0.456. The van der Waals surface area contributed by atoms with E-state index in [0.717, 1.165) is 75.5 Å². The van der Waals surface area contributed by atoms with Gasteiger partial charge in [-0.25, -0.2) is 41.1 Å². The van der Waals surface area contributed by atoms with Crippen LogP contribution in [0.1, 0.15) is 22.3 Å². The first-order chi connectivity index (χ1) is 59.1. The summed E-state index contributed by atoms with van der Waals surface area (Å²) in [5, 5.41) is 0. The number of imidazole rings is 8. The SMILES string of the molecule is C[n+]1cn(-c2cc(-n3c[n+](C)c4ccccc43)cc(C(F)(F)F)c2)c2ccccc21.C[n+]1cn(Cc2cccc(-n3c[n+](C)c4ccccc43)c2)c2ccccc21.C[n+]1cn(Cc2cccc(Cn3c[n+](C)c4ccccc43)c2)c2ccccc21.c1ccc(-[n+]2cn(-c3cccc(-n4c[n+](-c5ccccc5)c5ccccc54)c3)c3ccccc32)cc1. The lowest BCUT2D eigenvalue weighted by Crippen LogP contribution is -2.28. The van der Waals surface area contributed by atoms with Crippen LogP contribution in [0.3, 0.4) is 0 Å². The van der Waals surface area contributed by atoms with Crippen molar-refractivity contribution >= 4 is 88.3 Å². The van der Waals surface area contributed by atoms with Gasteiger partial charge in [0.05, 0.1) is 47.8 Å². The van der Waals surface area contributed by atoms with E-state index >= 15 is 0 Å².